The van der Waals surface area contributed by atoms with Gasteiger partial charge in [0.2, 0.25) is 0 Å². The van der Waals surface area contributed by atoms with Crippen molar-refractivity contribution >= 4 is 21.7 Å². The van der Waals surface area contributed by atoms with Crippen molar-refractivity contribution in [2.75, 3.05) is 11.4 Å². The van der Waals surface area contributed by atoms with E-state index in [0.717, 1.165) is 17.6 Å². The average molecular weight is 244 g/mol. The van der Waals surface area contributed by atoms with E-state index in [1.54, 1.807) is 0 Å². The lowest BCUT2D eigenvalue weighted by Crippen LogP contribution is -2.40. The number of aromatic nitrogens is 2. The lowest BCUT2D eigenvalue weighted by Gasteiger charge is -2.33. The minimum absolute atomic E-state index is 0.177. The molecule has 1 aliphatic rings. The van der Waals surface area contributed by atoms with Crippen molar-refractivity contribution in [3.63, 3.8) is 0 Å². The van der Waals surface area contributed by atoms with Crippen molar-refractivity contribution in [1.82, 2.24) is 9.78 Å². The molecular formula is C9H14BrN3. The van der Waals surface area contributed by atoms with Crippen LogP contribution in [0.15, 0.2) is 10.7 Å². The largest absolute Gasteiger partial charge is 0.349 e. The van der Waals surface area contributed by atoms with E-state index in [9.17, 15) is 0 Å². The van der Waals surface area contributed by atoms with E-state index in [-0.39, 0.29) is 5.54 Å². The van der Waals surface area contributed by atoms with Gasteiger partial charge in [0, 0.05) is 12.1 Å². The number of hydrogen-bond acceptors (Lipinski definition) is 2. The highest BCUT2D eigenvalue weighted by molar-refractivity contribution is 9.10. The van der Waals surface area contributed by atoms with E-state index in [4.69, 9.17) is 0 Å². The Morgan fingerprint density at radius 3 is 2.69 bits per heavy atom. The molecule has 0 spiro atoms. The Bertz CT molecular complexity index is 324. The molecule has 1 aliphatic heterocycles. The van der Waals surface area contributed by atoms with Gasteiger partial charge in [0.15, 0.2) is 0 Å². The summed E-state index contributed by atoms with van der Waals surface area (Å²) in [5.41, 5.74) is 0.177. The quantitative estimate of drug-likeness (QED) is 0.698. The Morgan fingerprint density at radius 1 is 1.38 bits per heavy atom. The monoisotopic (exact) mass is 243 g/mol. The number of hydrogen-bond donors (Lipinski definition) is 0. The normalized spacial score (nSPS) is 16.5. The standard InChI is InChI=1S/C9H14BrN3/c1-9(2,3)12-4-5-13-8(12)7(10)6-11-13/h6H,4-5H2,1-3H3. The fraction of sp³-hybridized carbons (Fsp3) is 0.667. The predicted octanol–water partition coefficient (Wildman–Crippen LogP) is 2.26. The third kappa shape index (κ3) is 1.37. The molecule has 3 nitrogen and oxygen atoms in total. The number of rotatable bonds is 0. The summed E-state index contributed by atoms with van der Waals surface area (Å²) < 4.78 is 3.15. The van der Waals surface area contributed by atoms with Crippen molar-refractivity contribution in [3.8, 4) is 0 Å². The zero-order valence-electron chi connectivity index (χ0n) is 8.21. The molecule has 0 aliphatic carbocycles. The van der Waals surface area contributed by atoms with E-state index in [1.165, 1.54) is 5.82 Å². The zero-order chi connectivity index (χ0) is 9.64. The molecule has 13 heavy (non-hydrogen) atoms. The van der Waals surface area contributed by atoms with Crippen molar-refractivity contribution in [2.24, 2.45) is 0 Å². The second-order valence-electron chi connectivity index (χ2n) is 4.36. The van der Waals surface area contributed by atoms with Crippen LogP contribution in [0.1, 0.15) is 20.8 Å². The molecule has 0 radical (unpaired) electrons. The average Bonchev–Trinajstić information content (AvgIpc) is 2.51. The van der Waals surface area contributed by atoms with Crippen LogP contribution in [0.25, 0.3) is 0 Å². The summed E-state index contributed by atoms with van der Waals surface area (Å²) in [6.07, 6.45) is 1.87. The molecule has 2 heterocycles. The number of nitrogens with zero attached hydrogens (tertiary/aromatic N) is 3. The van der Waals surface area contributed by atoms with Crippen LogP contribution < -0.4 is 4.90 Å². The summed E-state index contributed by atoms with van der Waals surface area (Å²) in [6.45, 7) is 8.73. The first kappa shape index (κ1) is 9.06. The SMILES string of the molecule is CC(C)(C)N1CCn2ncc(Br)c21. The summed E-state index contributed by atoms with van der Waals surface area (Å²) in [5, 5.41) is 4.29. The molecule has 4 heteroatoms. The predicted molar refractivity (Wildman–Crippen MR) is 57.0 cm³/mol. The van der Waals surface area contributed by atoms with Gasteiger partial charge in [-0.1, -0.05) is 0 Å². The molecule has 0 atom stereocenters. The van der Waals surface area contributed by atoms with Gasteiger partial charge in [-0.2, -0.15) is 5.10 Å². The number of anilines is 1. The van der Waals surface area contributed by atoms with Crippen LogP contribution in [-0.2, 0) is 6.54 Å². The minimum Gasteiger partial charge on any atom is -0.349 e. The van der Waals surface area contributed by atoms with Gasteiger partial charge in [-0.05, 0) is 36.7 Å². The highest BCUT2D eigenvalue weighted by atomic mass is 79.9. The summed E-state index contributed by atoms with van der Waals surface area (Å²) in [4.78, 5) is 2.38. The molecule has 0 amide bonds. The van der Waals surface area contributed by atoms with Gasteiger partial charge < -0.3 is 4.90 Å². The fourth-order valence-electron chi connectivity index (χ4n) is 1.74. The molecule has 1 aromatic heterocycles. The Kier molecular flexibility index (Phi) is 1.91. The first-order valence-corrected chi connectivity index (χ1v) is 5.28. The van der Waals surface area contributed by atoms with Crippen molar-refractivity contribution < 1.29 is 0 Å². The first-order chi connectivity index (χ1) is 6.00. The Balaban J connectivity index is 2.42. The van der Waals surface area contributed by atoms with Crippen molar-refractivity contribution in [2.45, 2.75) is 32.9 Å². The van der Waals surface area contributed by atoms with Gasteiger partial charge in [-0.25, -0.2) is 4.68 Å². The summed E-state index contributed by atoms with van der Waals surface area (Å²) in [5.74, 6) is 1.22. The molecule has 2 rings (SSSR count). The smallest absolute Gasteiger partial charge is 0.141 e. The minimum atomic E-state index is 0.177. The molecule has 0 saturated heterocycles. The molecule has 1 aromatic rings. The van der Waals surface area contributed by atoms with Crippen LogP contribution in [0.5, 0.6) is 0 Å². The molecule has 0 saturated carbocycles. The lowest BCUT2D eigenvalue weighted by atomic mass is 10.1. The topological polar surface area (TPSA) is 21.1 Å². The number of fused-ring (bicyclic) bond motifs is 1. The van der Waals surface area contributed by atoms with Gasteiger partial charge in [0.05, 0.1) is 17.2 Å². The van der Waals surface area contributed by atoms with Crippen LogP contribution in [0.2, 0.25) is 0 Å². The van der Waals surface area contributed by atoms with Gasteiger partial charge in [-0.3, -0.25) is 0 Å². The van der Waals surface area contributed by atoms with Crippen LogP contribution in [0, 0.1) is 0 Å². The Morgan fingerprint density at radius 2 is 2.08 bits per heavy atom. The maximum Gasteiger partial charge on any atom is 0.141 e. The second-order valence-corrected chi connectivity index (χ2v) is 5.22. The lowest BCUT2D eigenvalue weighted by molar-refractivity contribution is 0.516. The highest BCUT2D eigenvalue weighted by Crippen LogP contribution is 2.34. The highest BCUT2D eigenvalue weighted by Gasteiger charge is 2.30. The molecule has 0 N–H and O–H groups in total. The van der Waals surface area contributed by atoms with Crippen LogP contribution in [0.3, 0.4) is 0 Å². The maximum absolute atomic E-state index is 4.29. The summed E-state index contributed by atoms with van der Waals surface area (Å²) in [6, 6.07) is 0. The van der Waals surface area contributed by atoms with Gasteiger partial charge in [-0.15, -0.1) is 0 Å². The van der Waals surface area contributed by atoms with E-state index in [2.05, 4.69) is 51.4 Å². The third-order valence-corrected chi connectivity index (χ3v) is 2.93. The maximum atomic E-state index is 4.29. The van der Waals surface area contributed by atoms with Crippen LogP contribution >= 0.6 is 15.9 Å². The zero-order valence-corrected chi connectivity index (χ0v) is 9.80. The molecule has 0 aromatic carbocycles. The van der Waals surface area contributed by atoms with Gasteiger partial charge >= 0.3 is 0 Å². The van der Waals surface area contributed by atoms with E-state index in [1.807, 2.05) is 6.20 Å². The fourth-order valence-corrected chi connectivity index (χ4v) is 2.25. The Labute approximate surface area is 86.8 Å². The molecule has 0 unspecified atom stereocenters. The van der Waals surface area contributed by atoms with Crippen LogP contribution in [0.4, 0.5) is 5.82 Å². The van der Waals surface area contributed by atoms with E-state index >= 15 is 0 Å². The summed E-state index contributed by atoms with van der Waals surface area (Å²) in [7, 11) is 0. The molecule has 0 fully saturated rings. The molecule has 0 bridgehead atoms. The van der Waals surface area contributed by atoms with Crippen LogP contribution in [-0.4, -0.2) is 21.9 Å². The molecule has 72 valence electrons. The van der Waals surface area contributed by atoms with Crippen molar-refractivity contribution in [3.05, 3.63) is 10.7 Å². The van der Waals surface area contributed by atoms with Gasteiger partial charge in [0.1, 0.15) is 5.82 Å². The Hall–Kier alpha value is -0.510. The second kappa shape index (κ2) is 2.74. The third-order valence-electron chi connectivity index (χ3n) is 2.37. The van der Waals surface area contributed by atoms with Gasteiger partial charge in [0.25, 0.3) is 0 Å². The van der Waals surface area contributed by atoms with E-state index in [0.29, 0.717) is 0 Å². The summed E-state index contributed by atoms with van der Waals surface area (Å²) >= 11 is 3.53. The van der Waals surface area contributed by atoms with Crippen molar-refractivity contribution in [1.29, 1.82) is 0 Å². The van der Waals surface area contributed by atoms with E-state index < -0.39 is 0 Å². The molecular weight excluding hydrogens is 230 g/mol. The first-order valence-electron chi connectivity index (χ1n) is 4.49. The number of halogens is 1.